The van der Waals surface area contributed by atoms with Crippen molar-refractivity contribution in [3.8, 4) is 5.75 Å². The minimum Gasteiger partial charge on any atom is -0.492 e. The van der Waals surface area contributed by atoms with E-state index in [4.69, 9.17) is 9.47 Å². The van der Waals surface area contributed by atoms with Crippen molar-refractivity contribution in [3.05, 3.63) is 42.7 Å². The van der Waals surface area contributed by atoms with Gasteiger partial charge in [0.1, 0.15) is 15.5 Å². The summed E-state index contributed by atoms with van der Waals surface area (Å²) in [5.74, 6) is -0.297. The van der Waals surface area contributed by atoms with Crippen molar-refractivity contribution >= 4 is 31.6 Å². The summed E-state index contributed by atoms with van der Waals surface area (Å²) < 4.78 is 65.0. The van der Waals surface area contributed by atoms with Gasteiger partial charge in [0.2, 0.25) is 26.0 Å². The molecular weight excluding hydrogens is 472 g/mol. The number of benzene rings is 1. The van der Waals surface area contributed by atoms with E-state index in [0.29, 0.717) is 13.2 Å². The fraction of sp³-hybridized carbons (Fsp3) is 0.400. The van der Waals surface area contributed by atoms with E-state index in [-0.39, 0.29) is 53.9 Å². The number of carbonyl (C=O) groups is 1. The standard InChI is InChI=1S/C20H26N4O7S2/c1-2-31-18-6-5-16(14-19(18)33(28,29)24-10-12-30-13-11-24)23-20(25)7-9-22-32(26,27)17-4-3-8-21-15-17/h3-6,8,14-15,22H,2,7,9-13H2,1H3,(H,23,25). The summed E-state index contributed by atoms with van der Waals surface area (Å²) >= 11 is 0. The molecule has 0 bridgehead atoms. The van der Waals surface area contributed by atoms with Crippen molar-refractivity contribution in [2.75, 3.05) is 44.8 Å². The summed E-state index contributed by atoms with van der Waals surface area (Å²) in [5.41, 5.74) is 0.255. The van der Waals surface area contributed by atoms with Gasteiger partial charge in [-0.15, -0.1) is 0 Å². The molecule has 1 aliphatic rings. The number of nitrogens with one attached hydrogen (secondary N) is 2. The van der Waals surface area contributed by atoms with Gasteiger partial charge in [-0.1, -0.05) is 0 Å². The zero-order valence-corrected chi connectivity index (χ0v) is 19.7. The Hall–Kier alpha value is -2.58. The van der Waals surface area contributed by atoms with Crippen LogP contribution in [-0.2, 0) is 29.6 Å². The Morgan fingerprint density at radius 2 is 1.94 bits per heavy atom. The van der Waals surface area contributed by atoms with E-state index in [0.717, 1.165) is 0 Å². The van der Waals surface area contributed by atoms with Crippen LogP contribution in [0.4, 0.5) is 5.69 Å². The number of sulfonamides is 2. The minimum atomic E-state index is -3.86. The third-order valence-electron chi connectivity index (χ3n) is 4.70. The molecule has 11 nitrogen and oxygen atoms in total. The molecule has 1 saturated heterocycles. The molecule has 33 heavy (non-hydrogen) atoms. The number of amides is 1. The first-order chi connectivity index (χ1) is 15.7. The third kappa shape index (κ3) is 6.48. The van der Waals surface area contributed by atoms with Crippen molar-refractivity contribution in [2.24, 2.45) is 0 Å². The number of carbonyl (C=O) groups excluding carboxylic acids is 1. The minimum absolute atomic E-state index is 0.00474. The number of ether oxygens (including phenoxy) is 2. The van der Waals surface area contributed by atoms with E-state index >= 15 is 0 Å². The predicted octanol–water partition coefficient (Wildman–Crippen LogP) is 0.808. The summed E-state index contributed by atoms with van der Waals surface area (Å²) in [6.45, 7) is 2.92. The highest BCUT2D eigenvalue weighted by Gasteiger charge is 2.29. The molecule has 2 heterocycles. The Balaban J connectivity index is 1.68. The number of nitrogens with zero attached hydrogens (tertiary/aromatic N) is 2. The second-order valence-electron chi connectivity index (χ2n) is 7.00. The molecule has 0 aliphatic carbocycles. The second-order valence-corrected chi connectivity index (χ2v) is 10.7. The number of rotatable bonds is 10. The maximum atomic E-state index is 13.1. The lowest BCUT2D eigenvalue weighted by Crippen LogP contribution is -2.40. The third-order valence-corrected chi connectivity index (χ3v) is 8.07. The number of hydrogen-bond donors (Lipinski definition) is 2. The topological polar surface area (TPSA) is 144 Å². The molecule has 1 aromatic heterocycles. The fourth-order valence-corrected chi connectivity index (χ4v) is 5.66. The first-order valence-electron chi connectivity index (χ1n) is 10.3. The normalized spacial score (nSPS) is 15.2. The molecule has 0 saturated carbocycles. The summed E-state index contributed by atoms with van der Waals surface area (Å²) in [6.07, 6.45) is 2.51. The molecule has 0 atom stereocenters. The summed E-state index contributed by atoms with van der Waals surface area (Å²) in [4.78, 5) is 16.0. The van der Waals surface area contributed by atoms with Crippen LogP contribution in [0.25, 0.3) is 0 Å². The molecule has 2 N–H and O–H groups in total. The van der Waals surface area contributed by atoms with Crippen LogP contribution in [0.3, 0.4) is 0 Å². The summed E-state index contributed by atoms with van der Waals surface area (Å²) in [6, 6.07) is 7.24. The largest absolute Gasteiger partial charge is 0.492 e. The van der Waals surface area contributed by atoms with Crippen molar-refractivity contribution in [1.82, 2.24) is 14.0 Å². The van der Waals surface area contributed by atoms with Gasteiger partial charge in [-0.25, -0.2) is 21.6 Å². The molecule has 1 aliphatic heterocycles. The van der Waals surface area contributed by atoms with E-state index in [9.17, 15) is 21.6 Å². The van der Waals surface area contributed by atoms with Gasteiger partial charge in [-0.05, 0) is 37.3 Å². The smallest absolute Gasteiger partial charge is 0.246 e. The van der Waals surface area contributed by atoms with E-state index in [1.807, 2.05) is 0 Å². The summed E-state index contributed by atoms with van der Waals surface area (Å²) in [7, 11) is -7.64. The Kier molecular flexibility index (Phi) is 8.37. The van der Waals surface area contributed by atoms with Crippen LogP contribution in [0.1, 0.15) is 13.3 Å². The van der Waals surface area contributed by atoms with Crippen LogP contribution in [0.15, 0.2) is 52.5 Å². The maximum Gasteiger partial charge on any atom is 0.246 e. The van der Waals surface area contributed by atoms with Crippen LogP contribution in [0, 0.1) is 0 Å². The molecule has 2 aromatic rings. The monoisotopic (exact) mass is 498 g/mol. The lowest BCUT2D eigenvalue weighted by Gasteiger charge is -2.27. The molecular formula is C20H26N4O7S2. The molecule has 1 fully saturated rings. The first-order valence-corrected chi connectivity index (χ1v) is 13.2. The van der Waals surface area contributed by atoms with Gasteiger partial charge in [0, 0.05) is 44.1 Å². The maximum absolute atomic E-state index is 13.1. The highest BCUT2D eigenvalue weighted by Crippen LogP contribution is 2.30. The van der Waals surface area contributed by atoms with Crippen molar-refractivity contribution in [3.63, 3.8) is 0 Å². The average Bonchev–Trinajstić information content (AvgIpc) is 2.81. The van der Waals surface area contributed by atoms with Gasteiger partial charge in [0.15, 0.2) is 0 Å². The first kappa shape index (κ1) is 25.1. The van der Waals surface area contributed by atoms with Crippen LogP contribution >= 0.6 is 0 Å². The average molecular weight is 499 g/mol. The van der Waals surface area contributed by atoms with E-state index in [1.165, 1.54) is 47.0 Å². The Bertz CT molecular complexity index is 1170. The summed E-state index contributed by atoms with van der Waals surface area (Å²) in [5, 5.41) is 2.60. The highest BCUT2D eigenvalue weighted by atomic mass is 32.2. The molecule has 1 aromatic carbocycles. The van der Waals surface area contributed by atoms with Crippen LogP contribution in [0.2, 0.25) is 0 Å². The SMILES string of the molecule is CCOc1ccc(NC(=O)CCNS(=O)(=O)c2cccnc2)cc1S(=O)(=O)N1CCOCC1. The van der Waals surface area contributed by atoms with Gasteiger partial charge < -0.3 is 14.8 Å². The van der Waals surface area contributed by atoms with Crippen LogP contribution in [-0.4, -0.2) is 71.5 Å². The number of aromatic nitrogens is 1. The van der Waals surface area contributed by atoms with Crippen molar-refractivity contribution in [2.45, 2.75) is 23.1 Å². The second kappa shape index (κ2) is 11.0. The number of morpholine rings is 1. The van der Waals surface area contributed by atoms with Gasteiger partial charge in [-0.2, -0.15) is 4.31 Å². The Labute approximate surface area is 193 Å². The lowest BCUT2D eigenvalue weighted by atomic mass is 10.3. The zero-order valence-electron chi connectivity index (χ0n) is 18.1. The molecule has 0 spiro atoms. The predicted molar refractivity (Wildman–Crippen MR) is 120 cm³/mol. The zero-order chi connectivity index (χ0) is 23.9. The highest BCUT2D eigenvalue weighted by molar-refractivity contribution is 7.89. The van der Waals surface area contributed by atoms with Gasteiger partial charge in [0.25, 0.3) is 0 Å². The molecule has 3 rings (SSSR count). The van der Waals surface area contributed by atoms with Gasteiger partial charge in [0.05, 0.1) is 19.8 Å². The molecule has 0 radical (unpaired) electrons. The van der Waals surface area contributed by atoms with Crippen molar-refractivity contribution in [1.29, 1.82) is 0 Å². The van der Waals surface area contributed by atoms with Gasteiger partial charge in [-0.3, -0.25) is 9.78 Å². The molecule has 0 unspecified atom stereocenters. The van der Waals surface area contributed by atoms with Crippen LogP contribution < -0.4 is 14.8 Å². The fourth-order valence-electron chi connectivity index (χ4n) is 3.10. The number of anilines is 1. The molecule has 13 heteroatoms. The van der Waals surface area contributed by atoms with Crippen molar-refractivity contribution < 1.29 is 31.1 Å². The van der Waals surface area contributed by atoms with Crippen LogP contribution in [0.5, 0.6) is 5.75 Å². The number of hydrogen-bond acceptors (Lipinski definition) is 8. The number of pyridine rings is 1. The Morgan fingerprint density at radius 1 is 1.18 bits per heavy atom. The molecule has 180 valence electrons. The Morgan fingerprint density at radius 3 is 2.61 bits per heavy atom. The van der Waals surface area contributed by atoms with E-state index in [1.54, 1.807) is 6.92 Å². The quantitative estimate of drug-likeness (QED) is 0.490. The lowest BCUT2D eigenvalue weighted by molar-refractivity contribution is -0.116. The molecule has 1 amide bonds. The van der Waals surface area contributed by atoms with E-state index < -0.39 is 26.0 Å². The van der Waals surface area contributed by atoms with E-state index in [2.05, 4.69) is 15.0 Å². The van der Waals surface area contributed by atoms with Gasteiger partial charge >= 0.3 is 0 Å².